The van der Waals surface area contributed by atoms with Crippen LogP contribution in [0.2, 0.25) is 0 Å². The topological polar surface area (TPSA) is 175 Å². The van der Waals surface area contributed by atoms with E-state index in [0.717, 1.165) is 135 Å². The van der Waals surface area contributed by atoms with Gasteiger partial charge in [-0.05, 0) is 122 Å². The number of aliphatic hydroxyl groups is 5. The van der Waals surface area contributed by atoms with Gasteiger partial charge in [0.05, 0.1) is 25.4 Å². The molecule has 0 spiro atoms. The number of hydrogen-bond donors (Lipinski definition) is 6. The molecule has 0 bridgehead atoms. The number of ether oxygens (including phenoxy) is 3. The zero-order chi connectivity index (χ0) is 64.6. The number of rotatable bonds is 60. The van der Waals surface area contributed by atoms with E-state index in [1.165, 1.54) is 103 Å². The molecule has 11 nitrogen and oxygen atoms in total. The quantitative estimate of drug-likeness (QED) is 0.0195. The number of allylic oxidation sites excluding steroid dienone is 21. The molecular formula is C78H131NO10. The highest BCUT2D eigenvalue weighted by Gasteiger charge is 2.47. The van der Waals surface area contributed by atoms with E-state index in [-0.39, 0.29) is 19.4 Å². The predicted octanol–water partition coefficient (Wildman–Crippen LogP) is 18.7. The molecule has 1 aliphatic rings. The number of aliphatic hydroxyl groups excluding tert-OH is 5. The van der Waals surface area contributed by atoms with E-state index in [1.54, 1.807) is 6.08 Å². The van der Waals surface area contributed by atoms with Crippen molar-refractivity contribution >= 4 is 11.9 Å². The van der Waals surface area contributed by atoms with Crippen LogP contribution in [-0.2, 0) is 23.8 Å². The average molecular weight is 1240 g/mol. The molecule has 1 heterocycles. The first-order valence-corrected chi connectivity index (χ1v) is 36.0. The van der Waals surface area contributed by atoms with Crippen molar-refractivity contribution < 1.29 is 49.3 Å². The lowest BCUT2D eigenvalue weighted by molar-refractivity contribution is -0.305. The number of hydrogen-bond acceptors (Lipinski definition) is 10. The average Bonchev–Trinajstić information content (AvgIpc) is 2.36. The minimum absolute atomic E-state index is 0.109. The molecule has 1 amide bonds. The monoisotopic (exact) mass is 1240 g/mol. The van der Waals surface area contributed by atoms with Crippen molar-refractivity contribution in [2.24, 2.45) is 0 Å². The van der Waals surface area contributed by atoms with Gasteiger partial charge >= 0.3 is 5.97 Å². The molecule has 0 aromatic carbocycles. The van der Waals surface area contributed by atoms with Gasteiger partial charge in [0.1, 0.15) is 24.4 Å². The summed E-state index contributed by atoms with van der Waals surface area (Å²) in [6.07, 6.45) is 80.6. The van der Waals surface area contributed by atoms with Crippen LogP contribution in [-0.4, -0.2) is 99.6 Å². The van der Waals surface area contributed by atoms with Gasteiger partial charge < -0.3 is 45.1 Å². The van der Waals surface area contributed by atoms with Gasteiger partial charge in [0.25, 0.3) is 0 Å². The summed E-state index contributed by atoms with van der Waals surface area (Å²) < 4.78 is 17.7. The number of unbranched alkanes of at least 4 members (excludes halogenated alkanes) is 26. The molecule has 0 aromatic heterocycles. The van der Waals surface area contributed by atoms with E-state index in [9.17, 15) is 35.1 Å². The first kappa shape index (κ1) is 82.8. The van der Waals surface area contributed by atoms with Gasteiger partial charge in [-0.2, -0.15) is 0 Å². The Balaban J connectivity index is 2.57. The maximum Gasteiger partial charge on any atom is 0.306 e. The Morgan fingerprint density at radius 3 is 1.24 bits per heavy atom. The van der Waals surface area contributed by atoms with Gasteiger partial charge in [0, 0.05) is 6.42 Å². The summed E-state index contributed by atoms with van der Waals surface area (Å²) in [6.45, 7) is 5.63. The third-order valence-corrected chi connectivity index (χ3v) is 16.0. The Morgan fingerprint density at radius 1 is 0.449 bits per heavy atom. The number of esters is 1. The summed E-state index contributed by atoms with van der Waals surface area (Å²) in [4.78, 5) is 26.7. The Morgan fingerprint density at radius 2 is 0.809 bits per heavy atom. The fourth-order valence-electron chi connectivity index (χ4n) is 10.4. The van der Waals surface area contributed by atoms with Crippen LogP contribution in [0.1, 0.15) is 284 Å². The van der Waals surface area contributed by atoms with Crippen LogP contribution in [0, 0.1) is 0 Å². The van der Waals surface area contributed by atoms with Crippen molar-refractivity contribution in [3.8, 4) is 0 Å². The van der Waals surface area contributed by atoms with Crippen LogP contribution in [0.15, 0.2) is 134 Å². The number of amides is 1. The van der Waals surface area contributed by atoms with Crippen molar-refractivity contribution in [3.05, 3.63) is 134 Å². The zero-order valence-corrected chi connectivity index (χ0v) is 56.5. The highest BCUT2D eigenvalue weighted by molar-refractivity contribution is 5.80. The largest absolute Gasteiger partial charge is 0.454 e. The molecule has 0 radical (unpaired) electrons. The van der Waals surface area contributed by atoms with Crippen molar-refractivity contribution in [1.82, 2.24) is 5.32 Å². The molecule has 0 aromatic rings. The maximum absolute atomic E-state index is 13.5. The van der Waals surface area contributed by atoms with Crippen molar-refractivity contribution in [2.75, 3.05) is 13.2 Å². The third kappa shape index (κ3) is 51.1. The molecule has 1 rings (SSSR count). The Labute approximate surface area is 543 Å². The smallest absolute Gasteiger partial charge is 0.306 e. The fourth-order valence-corrected chi connectivity index (χ4v) is 10.4. The molecular weight excluding hydrogens is 1110 g/mol. The number of carbonyl (C=O) groups excluding carboxylic acids is 2. The molecule has 0 aliphatic carbocycles. The molecule has 8 unspecified atom stereocenters. The molecule has 0 saturated carbocycles. The molecule has 1 aliphatic heterocycles. The minimum atomic E-state index is -1.63. The molecule has 89 heavy (non-hydrogen) atoms. The second-order valence-electron chi connectivity index (χ2n) is 24.2. The maximum atomic E-state index is 13.5. The van der Waals surface area contributed by atoms with E-state index in [4.69, 9.17) is 14.2 Å². The van der Waals surface area contributed by atoms with Crippen molar-refractivity contribution in [3.63, 3.8) is 0 Å². The molecule has 11 heteroatoms. The van der Waals surface area contributed by atoms with Crippen LogP contribution < -0.4 is 5.32 Å². The molecule has 1 saturated heterocycles. The second kappa shape index (κ2) is 63.9. The summed E-state index contributed by atoms with van der Waals surface area (Å²) in [5, 5.41) is 57.2. The molecule has 508 valence electrons. The molecule has 8 atom stereocenters. The van der Waals surface area contributed by atoms with E-state index in [2.05, 4.69) is 148 Å². The SMILES string of the molecule is CC/C=C\C/C=C\C/C=C\C/C=C\C/C=C\C/C=C\CCCCCC(O)C(=O)NC(COC1OC(CO)C(O)C(O)C1OC(=O)CCCCCCCCCCCCC/C=C\C/C=C\C/C=C\C/C=C\CCCCC)C(O)/C=C/CCCCCCCCCCC. The third-order valence-electron chi connectivity index (χ3n) is 16.0. The highest BCUT2D eigenvalue weighted by atomic mass is 16.7. The Bertz CT molecular complexity index is 1960. The normalized spacial score (nSPS) is 18.9. The standard InChI is InChI=1S/C78H131NO10/c1-4-7-10-13-16-19-22-24-26-28-30-32-34-35-36-37-38-40-42-44-46-48-51-54-57-60-63-66-73(83)89-76-75(85)74(84)72(67-80)88-78(76)87-68-69(70(81)64-61-58-55-52-49-21-18-15-12-9-6-3)79-77(86)71(82)65-62-59-56-53-50-47-45-43-41-39-33-31-29-27-25-23-20-17-14-11-8-5-2/h8,11,16-17,19-20,24-27,30-33,35-36,41,43,47,50,61,64,69-72,74-76,78,80-82,84-85H,4-7,9-10,12-15,18,21-23,28-29,34,37-40,42,44-46,48-49,51-60,62-63,65-68H2,1-3H3,(H,79,86)/b11-8-,19-16-,20-17-,26-24-,27-25-,32-30-,33-31-,36-35-,43-41-,50-47-,64-61+. The summed E-state index contributed by atoms with van der Waals surface area (Å²) >= 11 is 0. The summed E-state index contributed by atoms with van der Waals surface area (Å²) in [5.41, 5.74) is 0. The zero-order valence-electron chi connectivity index (χ0n) is 56.5. The van der Waals surface area contributed by atoms with Gasteiger partial charge in [-0.25, -0.2) is 0 Å². The van der Waals surface area contributed by atoms with Crippen LogP contribution in [0.3, 0.4) is 0 Å². The Kier molecular flexibility index (Phi) is 59.5. The van der Waals surface area contributed by atoms with Crippen LogP contribution in [0.4, 0.5) is 0 Å². The van der Waals surface area contributed by atoms with Gasteiger partial charge in [-0.15, -0.1) is 0 Å². The first-order chi connectivity index (χ1) is 43.7. The van der Waals surface area contributed by atoms with Gasteiger partial charge in [-0.1, -0.05) is 289 Å². The lowest BCUT2D eigenvalue weighted by atomic mass is 9.99. The first-order valence-electron chi connectivity index (χ1n) is 36.0. The van der Waals surface area contributed by atoms with Crippen LogP contribution in [0.5, 0.6) is 0 Å². The van der Waals surface area contributed by atoms with Crippen LogP contribution in [0.25, 0.3) is 0 Å². The van der Waals surface area contributed by atoms with Crippen LogP contribution >= 0.6 is 0 Å². The Hall–Kier alpha value is -4.20. The summed E-state index contributed by atoms with van der Waals surface area (Å²) in [5.74, 6) is -1.23. The van der Waals surface area contributed by atoms with E-state index < -0.39 is 67.4 Å². The number of nitrogens with one attached hydrogen (secondary N) is 1. The van der Waals surface area contributed by atoms with E-state index >= 15 is 0 Å². The van der Waals surface area contributed by atoms with Gasteiger partial charge in [-0.3, -0.25) is 9.59 Å². The lowest BCUT2D eigenvalue weighted by Gasteiger charge is -2.41. The fraction of sp³-hybridized carbons (Fsp3) is 0.692. The van der Waals surface area contributed by atoms with Crippen molar-refractivity contribution in [2.45, 2.75) is 333 Å². The second-order valence-corrected chi connectivity index (χ2v) is 24.2. The van der Waals surface area contributed by atoms with E-state index in [1.807, 2.05) is 6.08 Å². The van der Waals surface area contributed by atoms with Gasteiger partial charge in [0.2, 0.25) is 5.91 Å². The van der Waals surface area contributed by atoms with Crippen molar-refractivity contribution in [1.29, 1.82) is 0 Å². The molecule has 6 N–H and O–H groups in total. The minimum Gasteiger partial charge on any atom is -0.454 e. The molecule has 1 fully saturated rings. The lowest BCUT2D eigenvalue weighted by Crippen LogP contribution is -2.61. The summed E-state index contributed by atoms with van der Waals surface area (Å²) in [7, 11) is 0. The van der Waals surface area contributed by atoms with E-state index in [0.29, 0.717) is 12.8 Å². The number of carbonyl (C=O) groups is 2. The highest BCUT2D eigenvalue weighted by Crippen LogP contribution is 2.26. The van der Waals surface area contributed by atoms with Gasteiger partial charge in [0.15, 0.2) is 12.4 Å². The summed E-state index contributed by atoms with van der Waals surface area (Å²) in [6, 6.07) is -1.05. The predicted molar refractivity (Wildman–Crippen MR) is 374 cm³/mol.